The van der Waals surface area contributed by atoms with Crippen LogP contribution in [-0.2, 0) is 6.54 Å². The summed E-state index contributed by atoms with van der Waals surface area (Å²) in [5.74, 6) is 0.377. The van der Waals surface area contributed by atoms with E-state index >= 15 is 0 Å². The molecular weight excluding hydrogens is 561 g/mol. The molecule has 2 fully saturated rings. The summed E-state index contributed by atoms with van der Waals surface area (Å²) >= 11 is 0. The van der Waals surface area contributed by atoms with Gasteiger partial charge in [0.1, 0.15) is 17.9 Å². The number of amides is 1. The number of carbonyl (C=O) groups is 1. The Balaban J connectivity index is 1.07. The molecule has 2 N–H and O–H groups in total. The van der Waals surface area contributed by atoms with Gasteiger partial charge < -0.3 is 24.5 Å². The molecule has 7 rings (SSSR count). The Labute approximate surface area is 253 Å². The number of anilines is 2. The van der Waals surface area contributed by atoms with E-state index in [1.807, 2.05) is 42.5 Å². The zero-order valence-electron chi connectivity index (χ0n) is 24.3. The maximum absolute atomic E-state index is 14.4. The predicted octanol–water partition coefficient (Wildman–Crippen LogP) is 4.96. The van der Waals surface area contributed by atoms with Crippen molar-refractivity contribution < 1.29 is 13.9 Å². The molecule has 0 radical (unpaired) electrons. The lowest BCUT2D eigenvalue weighted by Gasteiger charge is -2.26. The summed E-state index contributed by atoms with van der Waals surface area (Å²) in [5, 5.41) is 0. The Hall–Kier alpha value is -5.03. The number of carbonyl (C=O) groups excluding carboxylic acids is 1. The molecule has 1 amide bonds. The highest BCUT2D eigenvalue weighted by molar-refractivity contribution is 6.07. The second-order valence-electron chi connectivity index (χ2n) is 11.7. The molecule has 10 nitrogen and oxygen atoms in total. The molecule has 2 saturated heterocycles. The van der Waals surface area contributed by atoms with Gasteiger partial charge in [0.25, 0.3) is 5.91 Å². The number of aromatic nitrogens is 4. The summed E-state index contributed by atoms with van der Waals surface area (Å²) in [6.45, 7) is 4.37. The number of benzene rings is 3. The first kappa shape index (κ1) is 27.8. The van der Waals surface area contributed by atoms with Gasteiger partial charge in [-0.3, -0.25) is 9.69 Å². The van der Waals surface area contributed by atoms with E-state index in [9.17, 15) is 14.0 Å². The standard InChI is InChI=1S/C33H32FN7O3/c1-39(24-5-3-2-4-6-24)31(42)25-16-23(34)8-10-28(25)44-29-17-35-21-36-30(29)41-14-12-33(20-41)11-13-40(19-33)18-22-7-9-26-27(15-22)38-32(43)37-26/h2-10,15-17,21H,11-14,18-20H2,1H3,(H2,37,38,43). The minimum atomic E-state index is -0.528. The first-order chi connectivity index (χ1) is 21.4. The van der Waals surface area contributed by atoms with Crippen molar-refractivity contribution >= 4 is 28.4 Å². The molecule has 11 heteroatoms. The monoisotopic (exact) mass is 593 g/mol. The van der Waals surface area contributed by atoms with E-state index in [4.69, 9.17) is 4.74 Å². The number of imidazole rings is 1. The van der Waals surface area contributed by atoms with Crippen LogP contribution in [0.4, 0.5) is 15.9 Å². The fourth-order valence-corrected chi connectivity index (χ4v) is 6.49. The molecule has 44 heavy (non-hydrogen) atoms. The van der Waals surface area contributed by atoms with Crippen LogP contribution < -0.4 is 20.2 Å². The summed E-state index contributed by atoms with van der Waals surface area (Å²) in [5.41, 5.74) is 3.51. The molecule has 224 valence electrons. The maximum atomic E-state index is 14.4. The van der Waals surface area contributed by atoms with E-state index in [2.05, 4.69) is 35.8 Å². The van der Waals surface area contributed by atoms with Crippen LogP contribution in [0, 0.1) is 11.2 Å². The zero-order chi connectivity index (χ0) is 30.3. The van der Waals surface area contributed by atoms with E-state index in [-0.39, 0.29) is 22.4 Å². The summed E-state index contributed by atoms with van der Waals surface area (Å²) in [6, 6.07) is 19.2. The van der Waals surface area contributed by atoms with Crippen molar-refractivity contribution in [1.82, 2.24) is 24.8 Å². The number of hydrogen-bond donors (Lipinski definition) is 2. The molecular formula is C33H32FN7O3. The topological polar surface area (TPSA) is 110 Å². The molecule has 3 aromatic carbocycles. The van der Waals surface area contributed by atoms with Crippen LogP contribution in [0.3, 0.4) is 0 Å². The van der Waals surface area contributed by atoms with Crippen LogP contribution in [0.1, 0.15) is 28.8 Å². The van der Waals surface area contributed by atoms with Crippen LogP contribution in [-0.4, -0.2) is 64.0 Å². The third kappa shape index (κ3) is 5.42. The highest BCUT2D eigenvalue weighted by Gasteiger charge is 2.44. The molecule has 5 aromatic rings. The first-order valence-corrected chi connectivity index (χ1v) is 14.6. The first-order valence-electron chi connectivity index (χ1n) is 14.6. The largest absolute Gasteiger partial charge is 0.451 e. The summed E-state index contributed by atoms with van der Waals surface area (Å²) in [4.78, 5) is 45.7. The number of aromatic amines is 2. The van der Waals surface area contributed by atoms with Gasteiger partial charge in [0.15, 0.2) is 11.6 Å². The fourth-order valence-electron chi connectivity index (χ4n) is 6.49. The third-order valence-electron chi connectivity index (χ3n) is 8.74. The number of para-hydroxylation sites is 1. The van der Waals surface area contributed by atoms with Gasteiger partial charge in [-0.25, -0.2) is 19.2 Å². The molecule has 2 aliphatic heterocycles. The SMILES string of the molecule is CN(C(=O)c1cc(F)ccc1Oc1cncnc1N1CCC2(CCN(Cc3ccc4[nH]c(=O)[nH]c4c3)C2)C1)c1ccccc1. The number of fused-ring (bicyclic) bond motifs is 1. The van der Waals surface area contributed by atoms with Gasteiger partial charge in [0, 0.05) is 44.3 Å². The van der Waals surface area contributed by atoms with Gasteiger partial charge in [-0.15, -0.1) is 0 Å². The number of halogens is 1. The van der Waals surface area contributed by atoms with Crippen molar-refractivity contribution in [3.05, 3.63) is 107 Å². The number of ether oxygens (including phenoxy) is 1. The molecule has 0 aliphatic carbocycles. The average Bonchev–Trinajstić information content (AvgIpc) is 3.75. The van der Waals surface area contributed by atoms with Gasteiger partial charge in [-0.1, -0.05) is 24.3 Å². The fraction of sp³-hybridized carbons (Fsp3) is 0.273. The number of H-pyrrole nitrogens is 2. The Bertz CT molecular complexity index is 1890. The van der Waals surface area contributed by atoms with Crippen molar-refractivity contribution in [3.63, 3.8) is 0 Å². The molecule has 1 unspecified atom stereocenters. The van der Waals surface area contributed by atoms with Gasteiger partial charge in [0.05, 0.1) is 22.8 Å². The lowest BCUT2D eigenvalue weighted by molar-refractivity contribution is 0.0990. The maximum Gasteiger partial charge on any atom is 0.323 e. The number of nitrogens with one attached hydrogen (secondary N) is 2. The Morgan fingerprint density at radius 2 is 1.82 bits per heavy atom. The van der Waals surface area contributed by atoms with Gasteiger partial charge >= 0.3 is 5.69 Å². The zero-order valence-corrected chi connectivity index (χ0v) is 24.3. The predicted molar refractivity (Wildman–Crippen MR) is 166 cm³/mol. The minimum absolute atomic E-state index is 0.109. The number of hydrogen-bond acceptors (Lipinski definition) is 7. The third-order valence-corrected chi connectivity index (χ3v) is 8.74. The van der Waals surface area contributed by atoms with Gasteiger partial charge in [0.2, 0.25) is 0 Å². The summed E-state index contributed by atoms with van der Waals surface area (Å²) in [7, 11) is 1.65. The van der Waals surface area contributed by atoms with E-state index < -0.39 is 11.7 Å². The van der Waals surface area contributed by atoms with Crippen molar-refractivity contribution in [2.45, 2.75) is 19.4 Å². The average molecular weight is 594 g/mol. The van der Waals surface area contributed by atoms with Crippen LogP contribution in [0.25, 0.3) is 11.0 Å². The second kappa shape index (κ2) is 11.2. The molecule has 1 spiro atoms. The summed E-state index contributed by atoms with van der Waals surface area (Å²) in [6.07, 6.45) is 5.17. The molecule has 0 bridgehead atoms. The smallest absolute Gasteiger partial charge is 0.323 e. The minimum Gasteiger partial charge on any atom is -0.451 e. The Morgan fingerprint density at radius 3 is 2.68 bits per heavy atom. The molecule has 1 atom stereocenters. The highest BCUT2D eigenvalue weighted by atomic mass is 19.1. The second-order valence-corrected chi connectivity index (χ2v) is 11.7. The van der Waals surface area contributed by atoms with Crippen molar-refractivity contribution in [1.29, 1.82) is 0 Å². The molecule has 2 aliphatic rings. The van der Waals surface area contributed by atoms with E-state index in [1.165, 1.54) is 29.4 Å². The molecule has 2 aromatic heterocycles. The molecule has 0 saturated carbocycles. The van der Waals surface area contributed by atoms with E-state index in [0.717, 1.165) is 62.2 Å². The Kier molecular flexibility index (Phi) is 7.09. The van der Waals surface area contributed by atoms with Crippen molar-refractivity contribution in [2.75, 3.05) is 43.0 Å². The normalized spacial score (nSPS) is 18.4. The highest BCUT2D eigenvalue weighted by Crippen LogP contribution is 2.43. The van der Waals surface area contributed by atoms with Crippen LogP contribution in [0.15, 0.2) is 84.0 Å². The van der Waals surface area contributed by atoms with Crippen molar-refractivity contribution in [2.24, 2.45) is 5.41 Å². The number of rotatable bonds is 7. The van der Waals surface area contributed by atoms with E-state index in [0.29, 0.717) is 17.3 Å². The van der Waals surface area contributed by atoms with Crippen LogP contribution in [0.5, 0.6) is 11.5 Å². The van der Waals surface area contributed by atoms with Crippen LogP contribution >= 0.6 is 0 Å². The lowest BCUT2D eigenvalue weighted by Crippen LogP contribution is -2.31. The Morgan fingerprint density at radius 1 is 1.00 bits per heavy atom. The van der Waals surface area contributed by atoms with Crippen LogP contribution in [0.2, 0.25) is 0 Å². The number of likely N-dealkylation sites (tertiary alicyclic amines) is 1. The number of nitrogens with zero attached hydrogens (tertiary/aromatic N) is 5. The van der Waals surface area contributed by atoms with Gasteiger partial charge in [-0.2, -0.15) is 0 Å². The quantitative estimate of drug-likeness (QED) is 0.275. The molecule has 4 heterocycles. The van der Waals surface area contributed by atoms with Crippen molar-refractivity contribution in [3.8, 4) is 11.5 Å². The van der Waals surface area contributed by atoms with Gasteiger partial charge in [-0.05, 0) is 67.4 Å². The summed E-state index contributed by atoms with van der Waals surface area (Å²) < 4.78 is 20.7. The van der Waals surface area contributed by atoms with E-state index in [1.54, 1.807) is 13.2 Å². The lowest BCUT2D eigenvalue weighted by atomic mass is 9.86.